The monoisotopic (exact) mass is 515 g/mol. The van der Waals surface area contributed by atoms with Gasteiger partial charge in [0, 0.05) is 43.3 Å². The van der Waals surface area contributed by atoms with E-state index in [9.17, 15) is 14.0 Å². The van der Waals surface area contributed by atoms with Crippen LogP contribution in [0.15, 0.2) is 65.5 Å². The molecule has 8 nitrogen and oxygen atoms in total. The summed E-state index contributed by atoms with van der Waals surface area (Å²) in [6, 6.07) is 16.5. The molecule has 2 aromatic heterocycles. The van der Waals surface area contributed by atoms with E-state index in [1.54, 1.807) is 47.0 Å². The van der Waals surface area contributed by atoms with Crippen LogP contribution in [0.3, 0.4) is 0 Å². The summed E-state index contributed by atoms with van der Waals surface area (Å²) in [5, 5.41) is 0.773. The third kappa shape index (κ3) is 5.22. The first kappa shape index (κ1) is 25.4. The number of hydrogen-bond acceptors (Lipinski definition) is 7. The molecule has 1 aliphatic heterocycles. The fraction of sp³-hybridized carbons (Fsp3) is 0.310. The van der Waals surface area contributed by atoms with Gasteiger partial charge in [-0.1, -0.05) is 0 Å². The van der Waals surface area contributed by atoms with Crippen molar-refractivity contribution in [3.8, 4) is 5.69 Å². The number of piperazine rings is 1. The number of pyridine rings is 1. The molecule has 0 amide bonds. The van der Waals surface area contributed by atoms with E-state index in [2.05, 4.69) is 9.80 Å². The number of esters is 1. The number of halogens is 1. The van der Waals surface area contributed by atoms with Crippen molar-refractivity contribution in [2.75, 3.05) is 36.0 Å². The summed E-state index contributed by atoms with van der Waals surface area (Å²) in [5.41, 5.74) is 2.42. The van der Waals surface area contributed by atoms with E-state index in [-0.39, 0.29) is 11.4 Å². The lowest BCUT2D eigenvalue weighted by molar-refractivity contribution is 0.00695. The minimum absolute atomic E-state index is 0.229. The Labute approximate surface area is 220 Å². The summed E-state index contributed by atoms with van der Waals surface area (Å²) in [6.45, 7) is 10.2. The standard InChI is InChI=1S/C29H30FN5O3/c1-19-24-13-14-25(36)35(23-9-5-20(6-10-23)27(37)38-29(2,3)4)26(24)32-28(31-19)34-17-15-33(16-18-34)22-11-7-21(30)8-12-22/h5-14H,15-18H2,1-4H3. The number of benzene rings is 2. The van der Waals surface area contributed by atoms with Crippen LogP contribution >= 0.6 is 0 Å². The smallest absolute Gasteiger partial charge is 0.338 e. The zero-order valence-electron chi connectivity index (χ0n) is 21.9. The Balaban J connectivity index is 1.44. The van der Waals surface area contributed by atoms with Gasteiger partial charge in [0.05, 0.1) is 16.9 Å². The third-order valence-electron chi connectivity index (χ3n) is 6.44. The molecule has 4 aromatic rings. The summed E-state index contributed by atoms with van der Waals surface area (Å²) in [4.78, 5) is 39.3. The van der Waals surface area contributed by atoms with Crippen LogP contribution in [-0.4, -0.2) is 52.3 Å². The van der Waals surface area contributed by atoms with Crippen molar-refractivity contribution in [2.45, 2.75) is 33.3 Å². The van der Waals surface area contributed by atoms with Crippen molar-refractivity contribution >= 4 is 28.6 Å². The second-order valence-corrected chi connectivity index (χ2v) is 10.4. The van der Waals surface area contributed by atoms with Gasteiger partial charge in [-0.15, -0.1) is 0 Å². The first-order valence-electron chi connectivity index (χ1n) is 12.6. The van der Waals surface area contributed by atoms with E-state index in [1.165, 1.54) is 18.2 Å². The van der Waals surface area contributed by atoms with Gasteiger partial charge in [-0.2, -0.15) is 4.98 Å². The van der Waals surface area contributed by atoms with Gasteiger partial charge in [0.2, 0.25) is 5.95 Å². The lowest BCUT2D eigenvalue weighted by Crippen LogP contribution is -2.47. The number of fused-ring (bicyclic) bond motifs is 1. The Morgan fingerprint density at radius 3 is 2.08 bits per heavy atom. The molecule has 0 aliphatic carbocycles. The number of nitrogens with zero attached hydrogens (tertiary/aromatic N) is 5. The normalized spacial score (nSPS) is 14.1. The molecule has 38 heavy (non-hydrogen) atoms. The number of aromatic nitrogens is 3. The predicted molar refractivity (Wildman–Crippen MR) is 146 cm³/mol. The molecule has 9 heteroatoms. The van der Waals surface area contributed by atoms with E-state index in [0.29, 0.717) is 35.9 Å². The van der Waals surface area contributed by atoms with Crippen LogP contribution < -0.4 is 15.4 Å². The van der Waals surface area contributed by atoms with Gasteiger partial charge in [0.25, 0.3) is 5.56 Å². The molecule has 0 unspecified atom stereocenters. The Morgan fingerprint density at radius 2 is 1.45 bits per heavy atom. The Hall–Kier alpha value is -4.27. The van der Waals surface area contributed by atoms with Crippen LogP contribution in [0.1, 0.15) is 36.8 Å². The van der Waals surface area contributed by atoms with Gasteiger partial charge in [-0.05, 0) is 82.3 Å². The highest BCUT2D eigenvalue weighted by Crippen LogP contribution is 2.24. The van der Waals surface area contributed by atoms with Gasteiger partial charge in [-0.25, -0.2) is 14.2 Å². The molecule has 0 spiro atoms. The van der Waals surface area contributed by atoms with Crippen LogP contribution in [0.25, 0.3) is 16.7 Å². The molecule has 0 saturated carbocycles. The van der Waals surface area contributed by atoms with Crippen molar-refractivity contribution in [3.63, 3.8) is 0 Å². The maximum absolute atomic E-state index is 13.3. The van der Waals surface area contributed by atoms with Gasteiger partial charge < -0.3 is 14.5 Å². The quantitative estimate of drug-likeness (QED) is 0.370. The molecule has 1 saturated heterocycles. The molecule has 1 fully saturated rings. The third-order valence-corrected chi connectivity index (χ3v) is 6.44. The van der Waals surface area contributed by atoms with Crippen molar-refractivity contribution in [1.82, 2.24) is 14.5 Å². The van der Waals surface area contributed by atoms with Crippen LogP contribution in [0.5, 0.6) is 0 Å². The number of aryl methyl sites for hydroxylation is 1. The van der Waals surface area contributed by atoms with Crippen molar-refractivity contribution < 1.29 is 13.9 Å². The number of carbonyl (C=O) groups is 1. The largest absolute Gasteiger partial charge is 0.456 e. The summed E-state index contributed by atoms with van der Waals surface area (Å²) in [7, 11) is 0. The molecule has 2 aromatic carbocycles. The minimum Gasteiger partial charge on any atom is -0.456 e. The zero-order chi connectivity index (χ0) is 27.0. The van der Waals surface area contributed by atoms with Gasteiger partial charge in [0.15, 0.2) is 5.65 Å². The first-order chi connectivity index (χ1) is 18.1. The van der Waals surface area contributed by atoms with Crippen LogP contribution in [0, 0.1) is 12.7 Å². The Bertz CT molecular complexity index is 1530. The Kier molecular flexibility index (Phi) is 6.60. The number of anilines is 2. The highest BCUT2D eigenvalue weighted by molar-refractivity contribution is 5.90. The van der Waals surface area contributed by atoms with Crippen molar-refractivity contribution in [3.05, 3.63) is 88.1 Å². The molecule has 1 aliphatic rings. The van der Waals surface area contributed by atoms with E-state index < -0.39 is 11.6 Å². The first-order valence-corrected chi connectivity index (χ1v) is 12.6. The minimum atomic E-state index is -0.600. The van der Waals surface area contributed by atoms with E-state index in [0.717, 1.165) is 29.9 Å². The summed E-state index contributed by atoms with van der Waals surface area (Å²) < 4.78 is 20.3. The molecule has 3 heterocycles. The number of rotatable bonds is 4. The highest BCUT2D eigenvalue weighted by atomic mass is 19.1. The maximum atomic E-state index is 13.3. The molecule has 5 rings (SSSR count). The van der Waals surface area contributed by atoms with Crippen molar-refractivity contribution in [2.24, 2.45) is 0 Å². The number of ether oxygens (including phenoxy) is 1. The van der Waals surface area contributed by atoms with Crippen LogP contribution in [0.2, 0.25) is 0 Å². The lowest BCUT2D eigenvalue weighted by Gasteiger charge is -2.36. The SMILES string of the molecule is Cc1nc(N2CCN(c3ccc(F)cc3)CC2)nc2c1ccc(=O)n2-c1ccc(C(=O)OC(C)(C)C)cc1. The molecule has 0 bridgehead atoms. The van der Waals surface area contributed by atoms with Crippen molar-refractivity contribution in [1.29, 1.82) is 0 Å². The molecular formula is C29H30FN5O3. The second kappa shape index (κ2) is 9.89. The molecule has 0 radical (unpaired) electrons. The zero-order valence-corrected chi connectivity index (χ0v) is 21.9. The summed E-state index contributed by atoms with van der Waals surface area (Å²) in [6.07, 6.45) is 0. The molecule has 0 N–H and O–H groups in total. The fourth-order valence-electron chi connectivity index (χ4n) is 4.54. The molecule has 196 valence electrons. The Morgan fingerprint density at radius 1 is 0.842 bits per heavy atom. The predicted octanol–water partition coefficient (Wildman–Crippen LogP) is 4.51. The van der Waals surface area contributed by atoms with Gasteiger partial charge in [0.1, 0.15) is 11.4 Å². The highest BCUT2D eigenvalue weighted by Gasteiger charge is 2.22. The van der Waals surface area contributed by atoms with Gasteiger partial charge >= 0.3 is 5.97 Å². The van der Waals surface area contributed by atoms with E-state index >= 15 is 0 Å². The number of carbonyl (C=O) groups excluding carboxylic acids is 1. The van der Waals surface area contributed by atoms with E-state index in [1.807, 2.05) is 27.7 Å². The fourth-order valence-corrected chi connectivity index (χ4v) is 4.54. The lowest BCUT2D eigenvalue weighted by atomic mass is 10.1. The summed E-state index contributed by atoms with van der Waals surface area (Å²) in [5.74, 6) is -0.119. The van der Waals surface area contributed by atoms with Gasteiger partial charge in [-0.3, -0.25) is 9.36 Å². The van der Waals surface area contributed by atoms with E-state index in [4.69, 9.17) is 14.7 Å². The molecule has 0 atom stereocenters. The number of hydrogen-bond donors (Lipinski definition) is 0. The van der Waals surface area contributed by atoms with Crippen LogP contribution in [-0.2, 0) is 4.74 Å². The average Bonchev–Trinajstić information content (AvgIpc) is 2.88. The average molecular weight is 516 g/mol. The topological polar surface area (TPSA) is 80.6 Å². The van der Waals surface area contributed by atoms with Crippen LogP contribution in [0.4, 0.5) is 16.0 Å². The maximum Gasteiger partial charge on any atom is 0.338 e. The second-order valence-electron chi connectivity index (χ2n) is 10.4. The summed E-state index contributed by atoms with van der Waals surface area (Å²) >= 11 is 0. The molecular weight excluding hydrogens is 485 g/mol.